The van der Waals surface area contributed by atoms with Crippen LogP contribution in [0.25, 0.3) is 0 Å². The molecule has 0 saturated heterocycles. The molecule has 2 fully saturated rings. The molecule has 2 aliphatic rings. The van der Waals surface area contributed by atoms with Gasteiger partial charge in [-0.25, -0.2) is 4.79 Å². The van der Waals surface area contributed by atoms with Crippen LogP contribution in [0.2, 0.25) is 0 Å². The monoisotopic (exact) mass is 449 g/mol. The Labute approximate surface area is 191 Å². The maximum Gasteiger partial charge on any atom is 0.348 e. The highest BCUT2D eigenvalue weighted by Gasteiger charge is 2.35. The second kappa shape index (κ2) is 11.5. The first-order valence-corrected chi connectivity index (χ1v) is 12.9. The third-order valence-electron chi connectivity index (χ3n) is 7.21. The number of carbonyl (C=O) groups is 2. The van der Waals surface area contributed by atoms with E-state index in [4.69, 9.17) is 4.74 Å². The first-order valence-electron chi connectivity index (χ1n) is 12.1. The summed E-state index contributed by atoms with van der Waals surface area (Å²) < 4.78 is 5.22. The molecule has 1 unspecified atom stereocenters. The van der Waals surface area contributed by atoms with Crippen LogP contribution >= 0.6 is 11.3 Å². The summed E-state index contributed by atoms with van der Waals surface area (Å²) >= 11 is 1.39. The van der Waals surface area contributed by atoms with Crippen molar-refractivity contribution in [1.82, 2.24) is 0 Å². The Morgan fingerprint density at radius 3 is 2.45 bits per heavy atom. The van der Waals surface area contributed by atoms with Gasteiger partial charge in [0.1, 0.15) is 4.88 Å². The average molecular weight is 450 g/mol. The molecule has 2 saturated carbocycles. The van der Waals surface area contributed by atoms with Gasteiger partial charge >= 0.3 is 5.97 Å². The fourth-order valence-corrected chi connectivity index (χ4v) is 6.41. The normalized spacial score (nSPS) is 23.5. The molecule has 5 nitrogen and oxygen atoms in total. The number of nitrogens with zero attached hydrogens (tertiary/aromatic N) is 1. The van der Waals surface area contributed by atoms with E-state index in [-0.39, 0.29) is 17.9 Å². The van der Waals surface area contributed by atoms with E-state index in [1.54, 1.807) is 7.11 Å². The first-order chi connectivity index (χ1) is 14.9. The number of hydrogen-bond acceptors (Lipinski definition) is 4. The maximum absolute atomic E-state index is 13.7. The molecule has 0 spiro atoms. The van der Waals surface area contributed by atoms with Crippen molar-refractivity contribution in [2.24, 2.45) is 11.8 Å². The van der Waals surface area contributed by atoms with Crippen LogP contribution in [0.1, 0.15) is 105 Å². The summed E-state index contributed by atoms with van der Waals surface area (Å²) in [6.07, 6.45) is 11.5. The number of anilines is 1. The zero-order chi connectivity index (χ0) is 22.4. The smallest absolute Gasteiger partial charge is 0.348 e. The largest absolute Gasteiger partial charge is 0.477 e. The molecule has 0 bridgehead atoms. The number of ether oxygens (including phenoxy) is 1. The summed E-state index contributed by atoms with van der Waals surface area (Å²) in [7, 11) is 1.69. The van der Waals surface area contributed by atoms with E-state index in [2.05, 4.69) is 13.8 Å². The molecule has 31 heavy (non-hydrogen) atoms. The lowest BCUT2D eigenvalue weighted by atomic mass is 9.82. The third kappa shape index (κ3) is 6.10. The molecule has 1 atom stereocenters. The number of carboxylic acid groups (broad SMARTS) is 1. The minimum Gasteiger partial charge on any atom is -0.477 e. The zero-order valence-electron chi connectivity index (χ0n) is 19.4. The second-order valence-electron chi connectivity index (χ2n) is 9.65. The zero-order valence-corrected chi connectivity index (χ0v) is 20.2. The van der Waals surface area contributed by atoms with Gasteiger partial charge in [-0.05, 0) is 76.2 Å². The van der Waals surface area contributed by atoms with Gasteiger partial charge in [0.2, 0.25) is 5.91 Å². The number of carboxylic acids is 1. The van der Waals surface area contributed by atoms with Gasteiger partial charge < -0.3 is 14.7 Å². The van der Waals surface area contributed by atoms with E-state index in [0.717, 1.165) is 56.2 Å². The lowest BCUT2D eigenvalue weighted by Gasteiger charge is -2.35. The van der Waals surface area contributed by atoms with Crippen LogP contribution in [0.15, 0.2) is 6.07 Å². The van der Waals surface area contributed by atoms with Crippen molar-refractivity contribution in [2.45, 2.75) is 96.4 Å². The average Bonchev–Trinajstić information content (AvgIpc) is 3.20. The van der Waals surface area contributed by atoms with Crippen molar-refractivity contribution in [2.75, 3.05) is 18.6 Å². The van der Waals surface area contributed by atoms with Crippen molar-refractivity contribution < 1.29 is 19.4 Å². The number of hydrogen-bond donors (Lipinski definition) is 1. The molecule has 1 N–H and O–H groups in total. The van der Waals surface area contributed by atoms with E-state index in [1.807, 2.05) is 11.0 Å². The Hall–Kier alpha value is -1.40. The number of rotatable bonds is 9. The predicted octanol–water partition coefficient (Wildman–Crippen LogP) is 6.47. The molecule has 2 aliphatic carbocycles. The van der Waals surface area contributed by atoms with E-state index in [9.17, 15) is 14.7 Å². The molecule has 3 rings (SSSR count). The van der Waals surface area contributed by atoms with Gasteiger partial charge in [0.25, 0.3) is 0 Å². The van der Waals surface area contributed by atoms with Crippen LogP contribution in [-0.4, -0.2) is 36.7 Å². The minimum atomic E-state index is -0.916. The Kier molecular flexibility index (Phi) is 8.96. The van der Waals surface area contributed by atoms with Crippen molar-refractivity contribution in [3.63, 3.8) is 0 Å². The highest BCUT2D eigenvalue weighted by atomic mass is 32.1. The van der Waals surface area contributed by atoms with E-state index in [0.29, 0.717) is 29.0 Å². The fourth-order valence-electron chi connectivity index (χ4n) is 5.25. The molecule has 0 aliphatic heterocycles. The van der Waals surface area contributed by atoms with E-state index < -0.39 is 5.97 Å². The Bertz CT molecular complexity index is 732. The van der Waals surface area contributed by atoms with Crippen LogP contribution in [0, 0.1) is 11.8 Å². The fraction of sp³-hybridized carbons (Fsp3) is 0.760. The summed E-state index contributed by atoms with van der Waals surface area (Å²) in [5.41, 5.74) is 0.631. The summed E-state index contributed by atoms with van der Waals surface area (Å²) in [5.74, 6) is 0.307. The molecule has 1 aromatic heterocycles. The molecule has 1 aromatic rings. The van der Waals surface area contributed by atoms with E-state index in [1.165, 1.54) is 30.6 Å². The van der Waals surface area contributed by atoms with Crippen molar-refractivity contribution in [1.29, 1.82) is 0 Å². The van der Waals surface area contributed by atoms with Gasteiger partial charge in [-0.1, -0.05) is 26.2 Å². The molecule has 0 radical (unpaired) electrons. The predicted molar refractivity (Wildman–Crippen MR) is 126 cm³/mol. The highest BCUT2D eigenvalue weighted by molar-refractivity contribution is 7.14. The number of thiophene rings is 1. The SMILES string of the molecule is COCCCC(C)N(C(=O)C1CCC(C)CC1)c1cc(C2CCCCC2)sc1C(=O)O. The lowest BCUT2D eigenvalue weighted by molar-refractivity contribution is -0.124. The summed E-state index contributed by atoms with van der Waals surface area (Å²) in [4.78, 5) is 29.3. The standard InChI is InChI=1S/C25H39NO4S/c1-17-11-13-20(14-12-17)24(27)26(18(2)8-7-15-30-3)21-16-22(31-23(21)25(28)29)19-9-5-4-6-10-19/h16-20H,4-15H2,1-3H3,(H,28,29). The number of methoxy groups -OCH3 is 1. The first kappa shape index (κ1) is 24.2. The van der Waals surface area contributed by atoms with Crippen LogP contribution < -0.4 is 4.90 Å². The van der Waals surface area contributed by atoms with Crippen LogP contribution in [0.5, 0.6) is 0 Å². The van der Waals surface area contributed by atoms with Crippen molar-refractivity contribution in [3.8, 4) is 0 Å². The summed E-state index contributed by atoms with van der Waals surface area (Å²) in [5, 5.41) is 10.0. The number of aromatic carboxylic acids is 1. The summed E-state index contributed by atoms with van der Waals surface area (Å²) in [6.45, 7) is 4.96. The third-order valence-corrected chi connectivity index (χ3v) is 8.48. The van der Waals surface area contributed by atoms with Gasteiger partial charge in [-0.15, -0.1) is 11.3 Å². The second-order valence-corrected chi connectivity index (χ2v) is 10.7. The Morgan fingerprint density at radius 1 is 1.16 bits per heavy atom. The molecular formula is C25H39NO4S. The molecule has 0 aromatic carbocycles. The van der Waals surface area contributed by atoms with Gasteiger partial charge in [-0.3, -0.25) is 4.79 Å². The van der Waals surface area contributed by atoms with E-state index >= 15 is 0 Å². The molecule has 1 heterocycles. The van der Waals surface area contributed by atoms with Crippen LogP contribution in [0.3, 0.4) is 0 Å². The van der Waals surface area contributed by atoms with Crippen LogP contribution in [0.4, 0.5) is 5.69 Å². The van der Waals surface area contributed by atoms with Crippen LogP contribution in [-0.2, 0) is 9.53 Å². The number of amides is 1. The highest BCUT2D eigenvalue weighted by Crippen LogP contribution is 2.42. The summed E-state index contributed by atoms with van der Waals surface area (Å²) in [6, 6.07) is 1.99. The lowest BCUT2D eigenvalue weighted by Crippen LogP contribution is -2.44. The van der Waals surface area contributed by atoms with Gasteiger partial charge in [-0.2, -0.15) is 0 Å². The maximum atomic E-state index is 13.7. The quantitative estimate of drug-likeness (QED) is 0.439. The van der Waals surface area contributed by atoms with Crippen molar-refractivity contribution in [3.05, 3.63) is 15.8 Å². The molecule has 6 heteroatoms. The molecule has 174 valence electrons. The van der Waals surface area contributed by atoms with Crippen molar-refractivity contribution >= 4 is 28.9 Å². The molecule has 1 amide bonds. The number of carbonyl (C=O) groups excluding carboxylic acids is 1. The van der Waals surface area contributed by atoms with Gasteiger partial charge in [0.05, 0.1) is 5.69 Å². The van der Waals surface area contributed by atoms with Gasteiger partial charge in [0, 0.05) is 30.6 Å². The topological polar surface area (TPSA) is 66.8 Å². The molecular weight excluding hydrogens is 410 g/mol. The minimum absolute atomic E-state index is 0.000695. The van der Waals surface area contributed by atoms with Gasteiger partial charge in [0.15, 0.2) is 0 Å². The Balaban J connectivity index is 1.92. The Morgan fingerprint density at radius 2 is 1.84 bits per heavy atom.